The highest BCUT2D eigenvalue weighted by Crippen LogP contribution is 2.25. The van der Waals surface area contributed by atoms with Gasteiger partial charge >= 0.3 is 0 Å². The molecule has 0 radical (unpaired) electrons. The van der Waals surface area contributed by atoms with E-state index in [4.69, 9.17) is 4.52 Å². The monoisotopic (exact) mass is 430 g/mol. The fraction of sp³-hybridized carbons (Fsp3) is 0.240. The van der Waals surface area contributed by atoms with E-state index in [9.17, 15) is 9.59 Å². The number of rotatable bonds is 5. The molecule has 2 amide bonds. The molecule has 7 nitrogen and oxygen atoms in total. The Morgan fingerprint density at radius 2 is 1.75 bits per heavy atom. The van der Waals surface area contributed by atoms with E-state index in [1.807, 2.05) is 75.0 Å². The predicted molar refractivity (Wildman–Crippen MR) is 125 cm³/mol. The largest absolute Gasteiger partial charge is 0.359 e. The zero-order valence-electron chi connectivity index (χ0n) is 18.6. The number of fused-ring (bicyclic) bond motifs is 1. The van der Waals surface area contributed by atoms with Crippen LogP contribution in [0.25, 0.3) is 10.9 Å². The third kappa shape index (κ3) is 4.56. The fourth-order valence-electron chi connectivity index (χ4n) is 3.49. The lowest BCUT2D eigenvalue weighted by molar-refractivity contribution is -0.115. The topological polar surface area (TPSA) is 89.2 Å². The summed E-state index contributed by atoms with van der Waals surface area (Å²) in [5.41, 5.74) is 2.93. The average Bonchev–Trinajstić information content (AvgIpc) is 3.34. The summed E-state index contributed by atoms with van der Waals surface area (Å²) in [6.07, 6.45) is 2.02. The molecule has 2 aromatic heterocycles. The van der Waals surface area contributed by atoms with E-state index in [1.54, 1.807) is 18.2 Å². The normalized spacial score (nSPS) is 11.5. The number of hydrogen-bond acceptors (Lipinski definition) is 4. The number of hydrogen-bond donors (Lipinski definition) is 2. The van der Waals surface area contributed by atoms with Crippen molar-refractivity contribution in [1.29, 1.82) is 0 Å². The summed E-state index contributed by atoms with van der Waals surface area (Å²) in [5, 5.41) is 10.5. The van der Waals surface area contributed by atoms with Crippen molar-refractivity contribution in [2.75, 3.05) is 10.6 Å². The van der Waals surface area contributed by atoms with Gasteiger partial charge < -0.3 is 19.7 Å². The smallest absolute Gasteiger partial charge is 0.257 e. The minimum absolute atomic E-state index is 0.173. The van der Waals surface area contributed by atoms with Gasteiger partial charge in [-0.2, -0.15) is 0 Å². The summed E-state index contributed by atoms with van der Waals surface area (Å²) >= 11 is 0. The molecule has 0 atom stereocenters. The Labute approximate surface area is 186 Å². The summed E-state index contributed by atoms with van der Waals surface area (Å²) in [5.74, 6) is 0.747. The van der Waals surface area contributed by atoms with Crippen LogP contribution in [0.15, 0.2) is 65.3 Å². The zero-order chi connectivity index (χ0) is 22.9. The molecular weight excluding hydrogens is 404 g/mol. The Morgan fingerprint density at radius 3 is 2.44 bits per heavy atom. The van der Waals surface area contributed by atoms with Crippen LogP contribution in [0, 0.1) is 0 Å². The molecule has 4 rings (SSSR count). The summed E-state index contributed by atoms with van der Waals surface area (Å²) in [7, 11) is 1.92. The Balaban J connectivity index is 1.38. The van der Waals surface area contributed by atoms with Gasteiger partial charge in [-0.15, -0.1) is 0 Å². The number of carbonyl (C=O) groups excluding carboxylic acids is 2. The van der Waals surface area contributed by atoms with Crippen LogP contribution >= 0.6 is 0 Å². The minimum atomic E-state index is -0.189. The van der Waals surface area contributed by atoms with E-state index in [0.29, 0.717) is 22.8 Å². The van der Waals surface area contributed by atoms with Gasteiger partial charge in [0.25, 0.3) is 5.91 Å². The van der Waals surface area contributed by atoms with Crippen molar-refractivity contribution in [2.45, 2.75) is 32.6 Å². The van der Waals surface area contributed by atoms with E-state index >= 15 is 0 Å². The Kier molecular flexibility index (Phi) is 5.57. The molecule has 4 aromatic rings. The van der Waals surface area contributed by atoms with Gasteiger partial charge in [-0.05, 0) is 23.8 Å². The predicted octanol–water partition coefficient (Wildman–Crippen LogP) is 4.90. The maximum atomic E-state index is 12.8. The molecule has 0 bridgehead atoms. The van der Waals surface area contributed by atoms with Crippen LogP contribution in [0.1, 0.15) is 42.5 Å². The van der Waals surface area contributed by atoms with Gasteiger partial charge in [-0.25, -0.2) is 0 Å². The summed E-state index contributed by atoms with van der Waals surface area (Å²) < 4.78 is 7.23. The van der Waals surface area contributed by atoms with E-state index < -0.39 is 0 Å². The number of nitrogens with one attached hydrogen (secondary N) is 2. The van der Waals surface area contributed by atoms with Crippen LogP contribution in [0.4, 0.5) is 11.5 Å². The first-order valence-electron chi connectivity index (χ1n) is 10.4. The van der Waals surface area contributed by atoms with Gasteiger partial charge in [-0.1, -0.05) is 56.3 Å². The average molecular weight is 431 g/mol. The van der Waals surface area contributed by atoms with Crippen molar-refractivity contribution in [3.63, 3.8) is 0 Å². The Morgan fingerprint density at radius 1 is 1.03 bits per heavy atom. The van der Waals surface area contributed by atoms with Gasteiger partial charge in [0.05, 0.1) is 12.0 Å². The molecular formula is C25H26N4O3. The number of benzene rings is 2. The standard InChI is InChI=1S/C25H26N4O3/c1-25(2,3)21-14-22(28-32-21)27-23(30)13-16-9-11-17(12-10-16)26-24(31)19-15-29(4)20-8-6-5-7-18(19)20/h5-12,14-15H,13H2,1-4H3,(H,26,31)(H,27,28,30). The number of para-hydroxylation sites is 1. The molecule has 0 aliphatic heterocycles. The van der Waals surface area contributed by atoms with E-state index in [2.05, 4.69) is 15.8 Å². The van der Waals surface area contributed by atoms with Crippen molar-refractivity contribution in [3.8, 4) is 0 Å². The van der Waals surface area contributed by atoms with Crippen LogP contribution in [0.3, 0.4) is 0 Å². The molecule has 2 heterocycles. The number of nitrogens with zero attached hydrogens (tertiary/aromatic N) is 2. The van der Waals surface area contributed by atoms with Gasteiger partial charge in [0.1, 0.15) is 5.76 Å². The summed E-state index contributed by atoms with van der Waals surface area (Å²) in [4.78, 5) is 25.1. The molecule has 0 aliphatic carbocycles. The second-order valence-electron chi connectivity index (χ2n) is 8.87. The summed E-state index contributed by atoms with van der Waals surface area (Å²) in [6, 6.07) is 16.7. The van der Waals surface area contributed by atoms with E-state index in [-0.39, 0.29) is 23.7 Å². The first kappa shape index (κ1) is 21.4. The second-order valence-corrected chi connectivity index (χ2v) is 8.87. The van der Waals surface area contributed by atoms with Crippen LogP contribution in [-0.2, 0) is 23.7 Å². The highest BCUT2D eigenvalue weighted by molar-refractivity contribution is 6.13. The van der Waals surface area contributed by atoms with Gasteiger partial charge in [0.15, 0.2) is 5.82 Å². The van der Waals surface area contributed by atoms with Crippen molar-refractivity contribution < 1.29 is 14.1 Å². The molecule has 0 aliphatic rings. The van der Waals surface area contributed by atoms with Crippen molar-refractivity contribution in [2.24, 2.45) is 7.05 Å². The lowest BCUT2D eigenvalue weighted by Crippen LogP contribution is -2.15. The van der Waals surface area contributed by atoms with Crippen LogP contribution < -0.4 is 10.6 Å². The van der Waals surface area contributed by atoms with Crippen LogP contribution in [-0.4, -0.2) is 21.5 Å². The third-order valence-electron chi connectivity index (χ3n) is 5.23. The van der Waals surface area contributed by atoms with Crippen molar-refractivity contribution >= 4 is 34.2 Å². The Hall–Kier alpha value is -3.87. The van der Waals surface area contributed by atoms with E-state index in [0.717, 1.165) is 16.5 Å². The van der Waals surface area contributed by atoms with Gasteiger partial charge in [0.2, 0.25) is 5.91 Å². The van der Waals surface area contributed by atoms with Crippen molar-refractivity contribution in [3.05, 3.63) is 77.7 Å². The third-order valence-corrected chi connectivity index (χ3v) is 5.23. The molecule has 0 unspecified atom stereocenters. The second kappa shape index (κ2) is 8.34. The molecule has 2 aromatic carbocycles. The minimum Gasteiger partial charge on any atom is -0.359 e. The number of aromatic nitrogens is 2. The quantitative estimate of drug-likeness (QED) is 0.471. The van der Waals surface area contributed by atoms with Crippen LogP contribution in [0.2, 0.25) is 0 Å². The SMILES string of the molecule is Cn1cc(C(=O)Nc2ccc(CC(=O)Nc3cc(C(C)(C)C)on3)cc2)c2ccccc21. The number of anilines is 2. The maximum absolute atomic E-state index is 12.8. The summed E-state index contributed by atoms with van der Waals surface area (Å²) in [6.45, 7) is 6.04. The van der Waals surface area contributed by atoms with Crippen LogP contribution in [0.5, 0.6) is 0 Å². The van der Waals surface area contributed by atoms with Crippen molar-refractivity contribution in [1.82, 2.24) is 9.72 Å². The molecule has 7 heteroatoms. The molecule has 2 N–H and O–H groups in total. The molecule has 0 saturated carbocycles. The lowest BCUT2D eigenvalue weighted by Gasteiger charge is -2.12. The van der Waals surface area contributed by atoms with E-state index in [1.165, 1.54) is 0 Å². The maximum Gasteiger partial charge on any atom is 0.257 e. The molecule has 0 spiro atoms. The van der Waals surface area contributed by atoms with Gasteiger partial charge in [-0.3, -0.25) is 9.59 Å². The van der Waals surface area contributed by atoms with Gasteiger partial charge in [0, 0.05) is 41.3 Å². The molecule has 0 saturated heterocycles. The molecule has 32 heavy (non-hydrogen) atoms. The molecule has 164 valence electrons. The Bertz CT molecular complexity index is 1280. The highest BCUT2D eigenvalue weighted by atomic mass is 16.5. The zero-order valence-corrected chi connectivity index (χ0v) is 18.6. The first-order valence-corrected chi connectivity index (χ1v) is 10.4. The number of carbonyl (C=O) groups is 2. The number of aryl methyl sites for hydroxylation is 1. The first-order chi connectivity index (χ1) is 15.2. The highest BCUT2D eigenvalue weighted by Gasteiger charge is 2.20. The lowest BCUT2D eigenvalue weighted by atomic mass is 9.93. The fourth-order valence-corrected chi connectivity index (χ4v) is 3.49. The number of amides is 2. The molecule has 0 fully saturated rings.